The summed E-state index contributed by atoms with van der Waals surface area (Å²) in [6.45, 7) is 0. The third kappa shape index (κ3) is 2.10. The molecule has 2 aromatic rings. The number of hydrogen-bond acceptors (Lipinski definition) is 4. The maximum Gasteiger partial charge on any atom is 0.368 e. The van der Waals surface area contributed by atoms with E-state index in [-0.39, 0.29) is 16.7 Å². The van der Waals surface area contributed by atoms with Gasteiger partial charge in [0, 0.05) is 4.88 Å². The van der Waals surface area contributed by atoms with E-state index in [0.717, 1.165) is 10.4 Å². The van der Waals surface area contributed by atoms with E-state index in [1.807, 2.05) is 47.8 Å². The molecule has 3 rings (SSSR count). The minimum atomic E-state index is -0.183. The van der Waals surface area contributed by atoms with Gasteiger partial charge in [0.25, 0.3) is 0 Å². The third-order valence-electron chi connectivity index (χ3n) is 2.67. The van der Waals surface area contributed by atoms with E-state index >= 15 is 0 Å². The van der Waals surface area contributed by atoms with Crippen LogP contribution in [-0.4, -0.2) is 5.30 Å². The van der Waals surface area contributed by atoms with Crippen molar-refractivity contribution in [1.82, 2.24) is 0 Å². The Morgan fingerprint density at radius 3 is 2.59 bits per heavy atom. The van der Waals surface area contributed by atoms with Crippen LogP contribution in [0, 0.1) is 0 Å². The lowest BCUT2D eigenvalue weighted by atomic mass is 10.1. The molecular formula is C13H10O2S2. The minimum absolute atomic E-state index is 0.0716. The molecule has 0 bridgehead atoms. The van der Waals surface area contributed by atoms with Crippen molar-refractivity contribution in [2.24, 2.45) is 0 Å². The van der Waals surface area contributed by atoms with Gasteiger partial charge in [-0.25, -0.2) is 4.79 Å². The molecule has 0 amide bonds. The summed E-state index contributed by atoms with van der Waals surface area (Å²) in [4.78, 5) is 12.6. The molecule has 1 aliphatic rings. The van der Waals surface area contributed by atoms with Crippen LogP contribution in [0.1, 0.15) is 21.8 Å². The van der Waals surface area contributed by atoms with Gasteiger partial charge in [-0.2, -0.15) is 0 Å². The average molecular weight is 262 g/mol. The summed E-state index contributed by atoms with van der Waals surface area (Å²) >= 11 is 2.90. The van der Waals surface area contributed by atoms with Crippen LogP contribution in [0.25, 0.3) is 0 Å². The first-order chi connectivity index (χ1) is 8.34. The van der Waals surface area contributed by atoms with Crippen molar-refractivity contribution in [2.45, 2.75) is 11.4 Å². The number of cyclic esters (lactones) is 1. The maximum atomic E-state index is 11.5. The summed E-state index contributed by atoms with van der Waals surface area (Å²) in [6, 6.07) is 14.0. The normalized spacial score (nSPS) is 23.6. The Balaban J connectivity index is 1.95. The molecule has 86 valence electrons. The number of carbonyl (C=O) groups is 1. The molecule has 1 aliphatic heterocycles. The van der Waals surface area contributed by atoms with Gasteiger partial charge in [0.05, 0.1) is 5.25 Å². The second kappa shape index (κ2) is 4.55. The van der Waals surface area contributed by atoms with Crippen LogP contribution in [0.15, 0.2) is 47.8 Å². The number of ether oxygens (including phenoxy) is 1. The molecule has 1 aromatic heterocycles. The smallest absolute Gasteiger partial charge is 0.368 e. The van der Waals surface area contributed by atoms with Crippen molar-refractivity contribution >= 4 is 28.4 Å². The van der Waals surface area contributed by atoms with Crippen molar-refractivity contribution in [1.29, 1.82) is 0 Å². The fourth-order valence-corrected chi connectivity index (χ4v) is 3.77. The van der Waals surface area contributed by atoms with E-state index in [1.54, 1.807) is 11.3 Å². The molecule has 0 radical (unpaired) electrons. The number of hydrogen-bond donors (Lipinski definition) is 0. The Morgan fingerprint density at radius 1 is 1.06 bits per heavy atom. The zero-order chi connectivity index (χ0) is 11.7. The first-order valence-electron chi connectivity index (χ1n) is 5.30. The van der Waals surface area contributed by atoms with Crippen LogP contribution in [0.4, 0.5) is 4.79 Å². The largest absolute Gasteiger partial charge is 0.447 e. The number of thiophene rings is 1. The monoisotopic (exact) mass is 262 g/mol. The number of carbonyl (C=O) groups excluding carboxylic acids is 1. The molecule has 0 aliphatic carbocycles. The third-order valence-corrected chi connectivity index (χ3v) is 4.67. The Kier molecular flexibility index (Phi) is 2.91. The molecule has 1 aromatic carbocycles. The Hall–Kier alpha value is -1.26. The predicted octanol–water partition coefficient (Wildman–Crippen LogP) is 4.41. The summed E-state index contributed by atoms with van der Waals surface area (Å²) in [5.41, 5.74) is 1.14. The van der Waals surface area contributed by atoms with E-state index in [4.69, 9.17) is 4.74 Å². The first kappa shape index (κ1) is 10.9. The SMILES string of the molecule is O=C1O[C@H](c2cccs2)[C@H](c2ccccc2)S1. The van der Waals surface area contributed by atoms with Gasteiger partial charge >= 0.3 is 5.30 Å². The number of rotatable bonds is 2. The van der Waals surface area contributed by atoms with Gasteiger partial charge in [-0.05, 0) is 28.8 Å². The van der Waals surface area contributed by atoms with Crippen molar-refractivity contribution in [2.75, 3.05) is 0 Å². The lowest BCUT2D eigenvalue weighted by molar-refractivity contribution is 0.135. The highest BCUT2D eigenvalue weighted by atomic mass is 32.2. The van der Waals surface area contributed by atoms with Crippen molar-refractivity contribution < 1.29 is 9.53 Å². The predicted molar refractivity (Wildman–Crippen MR) is 70.3 cm³/mol. The molecule has 1 saturated heterocycles. The molecular weight excluding hydrogens is 252 g/mol. The van der Waals surface area contributed by atoms with Crippen molar-refractivity contribution in [3.05, 3.63) is 58.3 Å². The number of benzene rings is 1. The van der Waals surface area contributed by atoms with Gasteiger partial charge < -0.3 is 4.74 Å². The molecule has 2 nitrogen and oxygen atoms in total. The fraction of sp³-hybridized carbons (Fsp3) is 0.154. The molecule has 0 spiro atoms. The van der Waals surface area contributed by atoms with Crippen LogP contribution in [-0.2, 0) is 4.74 Å². The van der Waals surface area contributed by atoms with Gasteiger partial charge in [-0.1, -0.05) is 36.4 Å². The van der Waals surface area contributed by atoms with E-state index < -0.39 is 0 Å². The van der Waals surface area contributed by atoms with Gasteiger partial charge in [0.15, 0.2) is 6.10 Å². The van der Waals surface area contributed by atoms with Crippen LogP contribution in [0.2, 0.25) is 0 Å². The van der Waals surface area contributed by atoms with Crippen LogP contribution < -0.4 is 0 Å². The zero-order valence-corrected chi connectivity index (χ0v) is 10.5. The Labute approximate surface area is 108 Å². The van der Waals surface area contributed by atoms with Crippen molar-refractivity contribution in [3.63, 3.8) is 0 Å². The summed E-state index contributed by atoms with van der Waals surface area (Å²) in [7, 11) is 0. The van der Waals surface area contributed by atoms with E-state index in [0.29, 0.717) is 0 Å². The molecule has 2 heterocycles. The van der Waals surface area contributed by atoms with Gasteiger partial charge in [0.2, 0.25) is 0 Å². The van der Waals surface area contributed by atoms with Gasteiger partial charge in [0.1, 0.15) is 0 Å². The molecule has 1 fully saturated rings. The lowest BCUT2D eigenvalue weighted by Gasteiger charge is -2.15. The highest BCUT2D eigenvalue weighted by Gasteiger charge is 2.38. The van der Waals surface area contributed by atoms with Crippen molar-refractivity contribution in [3.8, 4) is 0 Å². The quantitative estimate of drug-likeness (QED) is 0.750. The summed E-state index contributed by atoms with van der Waals surface area (Å²) < 4.78 is 5.41. The van der Waals surface area contributed by atoms with Crippen LogP contribution in [0.3, 0.4) is 0 Å². The fourth-order valence-electron chi connectivity index (χ4n) is 1.90. The van der Waals surface area contributed by atoms with Crippen LogP contribution in [0.5, 0.6) is 0 Å². The first-order valence-corrected chi connectivity index (χ1v) is 7.06. The highest BCUT2D eigenvalue weighted by molar-refractivity contribution is 8.13. The Bertz CT molecular complexity index is 507. The van der Waals surface area contributed by atoms with E-state index in [9.17, 15) is 4.79 Å². The topological polar surface area (TPSA) is 26.3 Å². The molecule has 2 atom stereocenters. The molecule has 0 unspecified atom stereocenters. The standard InChI is InChI=1S/C13H10O2S2/c14-13-15-11(10-7-4-8-16-10)12(17-13)9-5-2-1-3-6-9/h1-8,11-12H/t11-,12+/m1/s1. The molecule has 17 heavy (non-hydrogen) atoms. The van der Waals surface area contributed by atoms with Crippen LogP contribution >= 0.6 is 23.1 Å². The van der Waals surface area contributed by atoms with Gasteiger partial charge in [-0.15, -0.1) is 11.3 Å². The second-order valence-electron chi connectivity index (χ2n) is 3.75. The Morgan fingerprint density at radius 2 is 1.88 bits per heavy atom. The minimum Gasteiger partial charge on any atom is -0.447 e. The molecule has 0 N–H and O–H groups in total. The highest BCUT2D eigenvalue weighted by Crippen LogP contribution is 2.50. The second-order valence-corrected chi connectivity index (χ2v) is 5.81. The summed E-state index contributed by atoms with van der Waals surface area (Å²) in [5, 5.41) is 1.90. The summed E-state index contributed by atoms with van der Waals surface area (Å²) in [6.07, 6.45) is -0.144. The lowest BCUT2D eigenvalue weighted by Crippen LogP contribution is -2.03. The van der Waals surface area contributed by atoms with Gasteiger partial charge in [-0.3, -0.25) is 0 Å². The molecule has 4 heteroatoms. The number of thioether (sulfide) groups is 1. The summed E-state index contributed by atoms with van der Waals surface area (Å²) in [5.74, 6) is 0. The average Bonchev–Trinajstić information content (AvgIpc) is 2.98. The maximum absolute atomic E-state index is 11.5. The zero-order valence-electron chi connectivity index (χ0n) is 8.91. The van der Waals surface area contributed by atoms with E-state index in [2.05, 4.69) is 0 Å². The molecule has 0 saturated carbocycles. The van der Waals surface area contributed by atoms with E-state index in [1.165, 1.54) is 11.8 Å².